The van der Waals surface area contributed by atoms with Crippen molar-refractivity contribution in [3.05, 3.63) is 40.3 Å². The normalized spacial score (nSPS) is 21.7. The molecule has 0 saturated heterocycles. The fraction of sp³-hybridized carbons (Fsp3) is 0.308. The van der Waals surface area contributed by atoms with Crippen LogP contribution in [0.25, 0.3) is 11.0 Å². The van der Waals surface area contributed by atoms with Gasteiger partial charge >= 0.3 is 12.0 Å². The third kappa shape index (κ3) is 2.43. The van der Waals surface area contributed by atoms with Gasteiger partial charge in [-0.3, -0.25) is 4.79 Å². The molecule has 116 valence electrons. The van der Waals surface area contributed by atoms with Crippen LogP contribution in [0.3, 0.4) is 0 Å². The Kier molecular flexibility index (Phi) is 3.17. The number of nitrogens with zero attached hydrogens (tertiary/aromatic N) is 2. The molecule has 1 aromatic heterocycles. The van der Waals surface area contributed by atoms with Crippen LogP contribution >= 0.6 is 0 Å². The summed E-state index contributed by atoms with van der Waals surface area (Å²) in [4.78, 5) is 22.7. The summed E-state index contributed by atoms with van der Waals surface area (Å²) in [6, 6.07) is 6.76. The molecule has 1 aromatic carbocycles. The number of aliphatic hydroxyl groups is 1. The van der Waals surface area contributed by atoms with Crippen LogP contribution in [0.5, 0.6) is 0 Å². The number of aromatic amines is 1. The second-order valence-corrected chi connectivity index (χ2v) is 4.91. The number of hydrogen-bond donors (Lipinski definition) is 2. The van der Waals surface area contributed by atoms with E-state index in [9.17, 15) is 23.1 Å². The van der Waals surface area contributed by atoms with E-state index in [1.165, 1.54) is 0 Å². The van der Waals surface area contributed by atoms with Gasteiger partial charge in [-0.1, -0.05) is 17.3 Å². The van der Waals surface area contributed by atoms with E-state index in [1.807, 2.05) is 0 Å². The molecule has 0 aliphatic carbocycles. The van der Waals surface area contributed by atoms with Crippen LogP contribution in [0.15, 0.2) is 34.2 Å². The third-order valence-electron chi connectivity index (χ3n) is 3.25. The van der Waals surface area contributed by atoms with Crippen molar-refractivity contribution in [3.63, 3.8) is 0 Å². The topological polar surface area (TPSA) is 87.6 Å². The van der Waals surface area contributed by atoms with Crippen molar-refractivity contribution in [2.75, 3.05) is 0 Å². The Balaban J connectivity index is 1.86. The number of oxime groups is 1. The van der Waals surface area contributed by atoms with Crippen molar-refractivity contribution in [1.82, 2.24) is 9.97 Å². The lowest BCUT2D eigenvalue weighted by Crippen LogP contribution is -2.45. The first-order valence-corrected chi connectivity index (χ1v) is 6.29. The highest BCUT2D eigenvalue weighted by atomic mass is 19.4. The first-order valence-electron chi connectivity index (χ1n) is 6.29. The molecule has 1 atom stereocenters. The van der Waals surface area contributed by atoms with E-state index in [-0.39, 0.29) is 17.8 Å². The minimum atomic E-state index is -4.97. The van der Waals surface area contributed by atoms with E-state index in [0.29, 0.717) is 11.0 Å². The summed E-state index contributed by atoms with van der Waals surface area (Å²) < 4.78 is 37.8. The van der Waals surface area contributed by atoms with Crippen LogP contribution < -0.4 is 5.56 Å². The van der Waals surface area contributed by atoms with Crippen molar-refractivity contribution >= 4 is 16.7 Å². The fourth-order valence-electron chi connectivity index (χ4n) is 2.11. The lowest BCUT2D eigenvalue weighted by atomic mass is 10.1. The molecule has 2 aromatic rings. The molecule has 3 rings (SSSR count). The van der Waals surface area contributed by atoms with Gasteiger partial charge in [0.2, 0.25) is 0 Å². The van der Waals surface area contributed by atoms with Crippen LogP contribution in [0, 0.1) is 0 Å². The van der Waals surface area contributed by atoms with Crippen molar-refractivity contribution < 1.29 is 23.1 Å². The molecule has 0 fully saturated rings. The van der Waals surface area contributed by atoms with E-state index in [0.717, 1.165) is 0 Å². The predicted molar refractivity (Wildman–Crippen MR) is 70.2 cm³/mol. The number of fused-ring (bicyclic) bond motifs is 1. The van der Waals surface area contributed by atoms with Gasteiger partial charge in [-0.15, -0.1) is 0 Å². The number of aromatic nitrogens is 2. The Labute approximate surface area is 121 Å². The van der Waals surface area contributed by atoms with E-state index < -0.39 is 23.9 Å². The Morgan fingerprint density at radius 1 is 1.36 bits per heavy atom. The van der Waals surface area contributed by atoms with Gasteiger partial charge in [-0.05, 0) is 12.1 Å². The first-order chi connectivity index (χ1) is 10.3. The van der Waals surface area contributed by atoms with Gasteiger partial charge in [-0.2, -0.15) is 13.2 Å². The van der Waals surface area contributed by atoms with E-state index in [4.69, 9.17) is 0 Å². The van der Waals surface area contributed by atoms with Gasteiger partial charge in [0.1, 0.15) is 5.69 Å². The van der Waals surface area contributed by atoms with Gasteiger partial charge < -0.3 is 14.9 Å². The zero-order valence-corrected chi connectivity index (χ0v) is 11.0. The summed E-state index contributed by atoms with van der Waals surface area (Å²) >= 11 is 0. The molecule has 2 N–H and O–H groups in total. The maximum atomic E-state index is 12.6. The number of para-hydroxylation sites is 2. The molecule has 1 aliphatic rings. The molecule has 0 radical (unpaired) electrons. The number of alkyl halides is 3. The molecule has 0 bridgehead atoms. The highest BCUT2D eigenvalue weighted by molar-refractivity contribution is 5.88. The summed E-state index contributed by atoms with van der Waals surface area (Å²) in [5.41, 5.74) is 0.403. The molecule has 2 heterocycles. The number of benzene rings is 1. The second-order valence-electron chi connectivity index (χ2n) is 4.91. The number of rotatable bonds is 2. The molecular formula is C13H10F3N3O3. The predicted octanol–water partition coefficient (Wildman–Crippen LogP) is 1.49. The molecule has 9 heteroatoms. The van der Waals surface area contributed by atoms with Gasteiger partial charge in [0.25, 0.3) is 5.56 Å². The van der Waals surface area contributed by atoms with Crippen LogP contribution in [-0.4, -0.2) is 32.7 Å². The molecule has 0 saturated carbocycles. The highest BCUT2D eigenvalue weighted by Gasteiger charge is 2.60. The standard InChI is InChI=1S/C13H10F3N3O3/c14-13(15,16)12(21)6-7(19-22-12)5-10-11(20)18-9-4-2-1-3-8(9)17-10/h1-4,21H,5-6H2,(H,18,20). The number of halogens is 3. The Bertz CT molecular complexity index is 815. The van der Waals surface area contributed by atoms with Gasteiger partial charge in [-0.25, -0.2) is 4.98 Å². The number of hydrogen-bond acceptors (Lipinski definition) is 5. The monoisotopic (exact) mass is 313 g/mol. The second kappa shape index (κ2) is 4.80. The largest absolute Gasteiger partial charge is 0.458 e. The number of H-pyrrole nitrogens is 1. The minimum Gasteiger partial charge on any atom is -0.350 e. The van der Waals surface area contributed by atoms with Crippen molar-refractivity contribution in [2.45, 2.75) is 24.8 Å². The lowest BCUT2D eigenvalue weighted by molar-refractivity contribution is -0.355. The van der Waals surface area contributed by atoms with Gasteiger partial charge in [0.05, 0.1) is 23.2 Å². The van der Waals surface area contributed by atoms with E-state index in [2.05, 4.69) is 20.0 Å². The van der Waals surface area contributed by atoms with Crippen molar-refractivity contribution in [2.24, 2.45) is 5.16 Å². The van der Waals surface area contributed by atoms with Crippen molar-refractivity contribution in [1.29, 1.82) is 0 Å². The fourth-order valence-corrected chi connectivity index (χ4v) is 2.11. The summed E-state index contributed by atoms with van der Waals surface area (Å²) in [6.07, 6.45) is -6.06. The average molecular weight is 313 g/mol. The SMILES string of the molecule is O=c1[nH]c2ccccc2nc1CC1=NOC(O)(C(F)(F)F)C1. The summed E-state index contributed by atoms with van der Waals surface area (Å²) in [5, 5.41) is 12.6. The quantitative estimate of drug-likeness (QED) is 0.879. The van der Waals surface area contributed by atoms with Crippen molar-refractivity contribution in [3.8, 4) is 0 Å². The van der Waals surface area contributed by atoms with E-state index in [1.54, 1.807) is 24.3 Å². The summed E-state index contributed by atoms with van der Waals surface area (Å²) in [5.74, 6) is -3.34. The molecule has 6 nitrogen and oxygen atoms in total. The Morgan fingerprint density at radius 2 is 2.09 bits per heavy atom. The maximum absolute atomic E-state index is 12.6. The van der Waals surface area contributed by atoms with Crippen LogP contribution in [0.4, 0.5) is 13.2 Å². The molecule has 1 aliphatic heterocycles. The molecule has 1 unspecified atom stereocenters. The highest BCUT2D eigenvalue weighted by Crippen LogP contribution is 2.38. The van der Waals surface area contributed by atoms with E-state index >= 15 is 0 Å². The summed E-state index contributed by atoms with van der Waals surface area (Å²) in [7, 11) is 0. The van der Waals surface area contributed by atoms with Crippen LogP contribution in [-0.2, 0) is 11.3 Å². The maximum Gasteiger partial charge on any atom is 0.458 e. The Morgan fingerprint density at radius 3 is 2.77 bits per heavy atom. The van der Waals surface area contributed by atoms with Gasteiger partial charge in [0.15, 0.2) is 0 Å². The van der Waals surface area contributed by atoms with Crippen LogP contribution in [0.1, 0.15) is 12.1 Å². The number of nitrogens with one attached hydrogen (secondary N) is 1. The summed E-state index contributed by atoms with van der Waals surface area (Å²) in [6.45, 7) is 0. The van der Waals surface area contributed by atoms with Crippen LogP contribution in [0.2, 0.25) is 0 Å². The zero-order valence-electron chi connectivity index (χ0n) is 11.0. The molecule has 0 amide bonds. The van der Waals surface area contributed by atoms with Gasteiger partial charge in [0, 0.05) is 6.42 Å². The Hall–Kier alpha value is -2.42. The first kappa shape index (κ1) is 14.5. The zero-order chi connectivity index (χ0) is 16.0. The third-order valence-corrected chi connectivity index (χ3v) is 3.25. The smallest absolute Gasteiger partial charge is 0.350 e. The average Bonchev–Trinajstić information content (AvgIpc) is 2.82. The lowest BCUT2D eigenvalue weighted by Gasteiger charge is -2.22. The molecule has 0 spiro atoms. The molecule has 22 heavy (non-hydrogen) atoms. The molecular weight excluding hydrogens is 303 g/mol. The minimum absolute atomic E-state index is 0.00692.